The van der Waals surface area contributed by atoms with Gasteiger partial charge in [0, 0.05) is 31.8 Å². The molecule has 2 N–H and O–H groups in total. The molecule has 0 saturated carbocycles. The van der Waals surface area contributed by atoms with Gasteiger partial charge in [-0.1, -0.05) is 6.07 Å². The number of hydrogen-bond acceptors (Lipinski definition) is 4. The predicted molar refractivity (Wildman–Crippen MR) is 60.9 cm³/mol. The molecule has 2 rings (SSSR count). The summed E-state index contributed by atoms with van der Waals surface area (Å²) in [5.74, 6) is -0.414. The number of carbonyl (C=O) groups is 2. The fourth-order valence-corrected chi connectivity index (χ4v) is 1.42. The maximum absolute atomic E-state index is 11.7. The van der Waals surface area contributed by atoms with E-state index in [-0.39, 0.29) is 11.8 Å². The van der Waals surface area contributed by atoms with Crippen molar-refractivity contribution in [2.24, 2.45) is 5.10 Å². The summed E-state index contributed by atoms with van der Waals surface area (Å²) in [5.41, 5.74) is 3.56. The second kappa shape index (κ2) is 5.20. The van der Waals surface area contributed by atoms with E-state index in [1.807, 2.05) is 6.07 Å². The Kier molecular flexibility index (Phi) is 3.44. The first-order valence-electron chi connectivity index (χ1n) is 5.28. The summed E-state index contributed by atoms with van der Waals surface area (Å²) in [5, 5.41) is 6.43. The Bertz CT molecular complexity index is 456. The zero-order valence-electron chi connectivity index (χ0n) is 9.14. The molecular formula is C11H12N4O2. The van der Waals surface area contributed by atoms with Crippen LogP contribution in [0, 0.1) is 0 Å². The first-order valence-corrected chi connectivity index (χ1v) is 5.28. The molecule has 1 aliphatic rings. The van der Waals surface area contributed by atoms with Gasteiger partial charge in [-0.15, -0.1) is 0 Å². The van der Waals surface area contributed by atoms with Gasteiger partial charge in [-0.05, 0) is 11.6 Å². The molecule has 0 fully saturated rings. The summed E-state index contributed by atoms with van der Waals surface area (Å²) in [7, 11) is 0. The van der Waals surface area contributed by atoms with Gasteiger partial charge in [-0.25, -0.2) is 5.43 Å². The van der Waals surface area contributed by atoms with Gasteiger partial charge in [-0.3, -0.25) is 14.6 Å². The lowest BCUT2D eigenvalue weighted by atomic mass is 10.1. The van der Waals surface area contributed by atoms with E-state index in [4.69, 9.17) is 0 Å². The van der Waals surface area contributed by atoms with Crippen LogP contribution in [0.2, 0.25) is 0 Å². The van der Waals surface area contributed by atoms with E-state index in [0.29, 0.717) is 25.1 Å². The zero-order valence-corrected chi connectivity index (χ0v) is 9.14. The summed E-state index contributed by atoms with van der Waals surface area (Å²) in [6, 6.07) is 3.68. The third-order valence-corrected chi connectivity index (χ3v) is 2.34. The minimum Gasteiger partial charge on any atom is -0.347 e. The van der Waals surface area contributed by atoms with Crippen molar-refractivity contribution in [2.45, 2.75) is 19.4 Å². The zero-order chi connectivity index (χ0) is 12.1. The number of rotatable bonds is 3. The van der Waals surface area contributed by atoms with E-state index in [0.717, 1.165) is 5.56 Å². The van der Waals surface area contributed by atoms with Crippen LogP contribution in [-0.2, 0) is 16.1 Å². The molecule has 2 amide bonds. The quantitative estimate of drug-likeness (QED) is 0.767. The molecule has 1 aromatic heterocycles. The molecule has 0 atom stereocenters. The van der Waals surface area contributed by atoms with Gasteiger partial charge in [0.2, 0.25) is 5.91 Å². The molecule has 17 heavy (non-hydrogen) atoms. The summed E-state index contributed by atoms with van der Waals surface area (Å²) in [6.07, 6.45) is 4.04. The third-order valence-electron chi connectivity index (χ3n) is 2.34. The van der Waals surface area contributed by atoms with Crippen LogP contribution in [0.25, 0.3) is 0 Å². The standard InChI is InChI=1S/C11H12N4O2/c16-10-4-3-9(14-15-10)11(17)13-7-8-2-1-5-12-6-8/h1-2,5-6H,3-4,7H2,(H,13,17)(H,15,16). The minimum atomic E-state index is -0.256. The van der Waals surface area contributed by atoms with Crippen LogP contribution in [0.3, 0.4) is 0 Å². The highest BCUT2D eigenvalue weighted by molar-refractivity contribution is 6.39. The fraction of sp³-hybridized carbons (Fsp3) is 0.273. The van der Waals surface area contributed by atoms with Crippen LogP contribution in [0.5, 0.6) is 0 Å². The van der Waals surface area contributed by atoms with E-state index in [1.165, 1.54) is 0 Å². The van der Waals surface area contributed by atoms with Crippen molar-refractivity contribution in [2.75, 3.05) is 0 Å². The number of carbonyl (C=O) groups excluding carboxylic acids is 2. The second-order valence-electron chi connectivity index (χ2n) is 3.64. The molecule has 88 valence electrons. The molecule has 0 saturated heterocycles. The highest BCUT2D eigenvalue weighted by Crippen LogP contribution is 2.00. The smallest absolute Gasteiger partial charge is 0.267 e. The monoisotopic (exact) mass is 232 g/mol. The lowest BCUT2D eigenvalue weighted by molar-refractivity contribution is -0.121. The van der Waals surface area contributed by atoms with Crippen molar-refractivity contribution in [3.05, 3.63) is 30.1 Å². The highest BCUT2D eigenvalue weighted by Gasteiger charge is 2.17. The molecule has 6 heteroatoms. The number of aromatic nitrogens is 1. The number of hydrazone groups is 1. The van der Waals surface area contributed by atoms with Crippen molar-refractivity contribution >= 4 is 17.5 Å². The second-order valence-corrected chi connectivity index (χ2v) is 3.64. The van der Waals surface area contributed by atoms with Crippen LogP contribution in [0.4, 0.5) is 0 Å². The fourth-order valence-electron chi connectivity index (χ4n) is 1.42. The molecule has 1 aliphatic heterocycles. The van der Waals surface area contributed by atoms with Crippen LogP contribution in [0.1, 0.15) is 18.4 Å². The number of pyridine rings is 1. The van der Waals surface area contributed by atoms with Gasteiger partial charge in [0.1, 0.15) is 5.71 Å². The van der Waals surface area contributed by atoms with Crippen molar-refractivity contribution in [1.29, 1.82) is 0 Å². The summed E-state index contributed by atoms with van der Waals surface area (Å²) >= 11 is 0. The Hall–Kier alpha value is -2.24. The Morgan fingerprint density at radius 3 is 3.00 bits per heavy atom. The number of amides is 2. The maximum atomic E-state index is 11.7. The van der Waals surface area contributed by atoms with Gasteiger partial charge in [0.15, 0.2) is 0 Å². The first-order chi connectivity index (χ1) is 8.25. The molecule has 6 nitrogen and oxygen atoms in total. The van der Waals surface area contributed by atoms with E-state index in [1.54, 1.807) is 18.5 Å². The molecule has 0 radical (unpaired) electrons. The number of nitrogens with one attached hydrogen (secondary N) is 2. The lowest BCUT2D eigenvalue weighted by Crippen LogP contribution is -2.36. The summed E-state index contributed by atoms with van der Waals surface area (Å²) in [6.45, 7) is 0.402. The van der Waals surface area contributed by atoms with Crippen LogP contribution in [-0.4, -0.2) is 22.5 Å². The predicted octanol–water partition coefficient (Wildman–Crippen LogP) is -0.0362. The molecule has 2 heterocycles. The Morgan fingerprint density at radius 1 is 1.47 bits per heavy atom. The molecule has 0 aromatic carbocycles. The summed E-state index contributed by atoms with van der Waals surface area (Å²) in [4.78, 5) is 26.5. The van der Waals surface area contributed by atoms with Crippen LogP contribution < -0.4 is 10.7 Å². The van der Waals surface area contributed by atoms with Crippen molar-refractivity contribution < 1.29 is 9.59 Å². The molecule has 1 aromatic rings. The average molecular weight is 232 g/mol. The molecular weight excluding hydrogens is 220 g/mol. The van der Waals surface area contributed by atoms with Crippen molar-refractivity contribution in [3.63, 3.8) is 0 Å². The highest BCUT2D eigenvalue weighted by atomic mass is 16.2. The topological polar surface area (TPSA) is 83.5 Å². The first kappa shape index (κ1) is 11.3. The molecule has 0 aliphatic carbocycles. The minimum absolute atomic E-state index is 0.159. The number of hydrogen-bond donors (Lipinski definition) is 2. The Labute approximate surface area is 98.1 Å². The Balaban J connectivity index is 1.88. The average Bonchev–Trinajstić information content (AvgIpc) is 2.38. The largest absolute Gasteiger partial charge is 0.347 e. The lowest BCUT2D eigenvalue weighted by Gasteiger charge is -2.11. The van der Waals surface area contributed by atoms with E-state index < -0.39 is 0 Å². The maximum Gasteiger partial charge on any atom is 0.267 e. The SMILES string of the molecule is O=C1CCC(C(=O)NCc2cccnc2)=NN1. The van der Waals surface area contributed by atoms with Gasteiger partial charge < -0.3 is 5.32 Å². The van der Waals surface area contributed by atoms with Crippen molar-refractivity contribution in [1.82, 2.24) is 15.7 Å². The Morgan fingerprint density at radius 2 is 2.35 bits per heavy atom. The van der Waals surface area contributed by atoms with E-state index in [9.17, 15) is 9.59 Å². The van der Waals surface area contributed by atoms with E-state index in [2.05, 4.69) is 20.8 Å². The molecule has 0 bridgehead atoms. The van der Waals surface area contributed by atoms with Crippen LogP contribution in [0.15, 0.2) is 29.6 Å². The molecule has 0 unspecified atom stereocenters. The summed E-state index contributed by atoms with van der Waals surface area (Å²) < 4.78 is 0. The van der Waals surface area contributed by atoms with Gasteiger partial charge in [-0.2, -0.15) is 5.10 Å². The normalized spacial score (nSPS) is 14.8. The molecule has 0 spiro atoms. The van der Waals surface area contributed by atoms with Gasteiger partial charge in [0.05, 0.1) is 0 Å². The van der Waals surface area contributed by atoms with Crippen molar-refractivity contribution in [3.8, 4) is 0 Å². The number of nitrogens with zero attached hydrogens (tertiary/aromatic N) is 2. The van der Waals surface area contributed by atoms with Gasteiger partial charge in [0.25, 0.3) is 5.91 Å². The van der Waals surface area contributed by atoms with Crippen LogP contribution >= 0.6 is 0 Å². The van der Waals surface area contributed by atoms with E-state index >= 15 is 0 Å². The third kappa shape index (κ3) is 3.10. The van der Waals surface area contributed by atoms with Gasteiger partial charge >= 0.3 is 0 Å².